The van der Waals surface area contributed by atoms with Crippen LogP contribution in [0.3, 0.4) is 0 Å². The van der Waals surface area contributed by atoms with E-state index in [1.54, 1.807) is 24.3 Å². The highest BCUT2D eigenvalue weighted by Gasteiger charge is 2.09. The Labute approximate surface area is 176 Å². The largest absolute Gasteiger partial charge is 0.504 e. The molecule has 2 rings (SSSR count). The molecule has 0 aliphatic rings. The first-order valence-electron chi connectivity index (χ1n) is 8.09. The number of allylic oxidation sites excluding steroid dienone is 2. The molecule has 10 heteroatoms. The monoisotopic (exact) mass is 418 g/mol. The van der Waals surface area contributed by atoms with Gasteiger partial charge in [0.05, 0.1) is 7.11 Å². The molecule has 0 heterocycles. The Morgan fingerprint density at radius 1 is 0.677 bits per heavy atom. The van der Waals surface area contributed by atoms with E-state index in [-0.39, 0.29) is 34.0 Å². The van der Waals surface area contributed by atoms with Gasteiger partial charge in [0, 0.05) is 0 Å². The third-order valence-corrected chi connectivity index (χ3v) is 3.49. The first-order chi connectivity index (χ1) is 14.7. The van der Waals surface area contributed by atoms with E-state index in [4.69, 9.17) is 41.1 Å². The molecule has 0 aromatic heterocycles. The Kier molecular flexibility index (Phi) is 8.32. The van der Waals surface area contributed by atoms with Gasteiger partial charge in [-0.15, -0.1) is 0 Å². The lowest BCUT2D eigenvalue weighted by Crippen LogP contribution is -1.86. The average molecular weight is 418 g/mol. The minimum absolute atomic E-state index is 0.0708. The lowest BCUT2D eigenvalue weighted by molar-refractivity contribution is 0.351. The summed E-state index contributed by atoms with van der Waals surface area (Å²) >= 11 is 0. The van der Waals surface area contributed by atoms with Crippen LogP contribution in [0.15, 0.2) is 35.4 Å². The zero-order chi connectivity index (χ0) is 23.6. The lowest BCUT2D eigenvalue weighted by atomic mass is 10.1. The number of nitrogens with zero attached hydrogens (tertiary/aromatic N) is 4. The third-order valence-electron chi connectivity index (χ3n) is 3.49. The minimum Gasteiger partial charge on any atom is -0.504 e. The maximum absolute atomic E-state index is 9.35. The quantitative estimate of drug-likeness (QED) is 0.364. The first-order valence-corrected chi connectivity index (χ1v) is 8.09. The molecule has 10 nitrogen and oxygen atoms in total. The summed E-state index contributed by atoms with van der Waals surface area (Å²) in [4.78, 5) is 0. The molecular weight excluding hydrogens is 404 g/mol. The maximum atomic E-state index is 9.35. The van der Waals surface area contributed by atoms with Gasteiger partial charge in [-0.3, -0.25) is 0 Å². The van der Waals surface area contributed by atoms with E-state index in [1.807, 2.05) is 0 Å². The van der Waals surface area contributed by atoms with Crippen LogP contribution < -0.4 is 4.74 Å². The number of rotatable bonds is 3. The van der Waals surface area contributed by atoms with Gasteiger partial charge < -0.3 is 30.3 Å². The summed E-state index contributed by atoms with van der Waals surface area (Å²) in [5, 5.41) is 80.0. The number of nitriles is 4. The number of hydrogen-bond donors (Lipinski definition) is 5. The molecule has 0 saturated carbocycles. The van der Waals surface area contributed by atoms with Crippen LogP contribution in [0.25, 0.3) is 12.2 Å². The SMILES string of the molecule is COc1cc(C=C(C#N)C#N)cc(O)c1O.N#CC(C#N)=Cc1cc(O)c(O)c(O)c1. The Morgan fingerprint density at radius 3 is 1.39 bits per heavy atom. The van der Waals surface area contributed by atoms with Crippen molar-refractivity contribution in [1.82, 2.24) is 0 Å². The fourth-order valence-electron chi connectivity index (χ4n) is 2.07. The van der Waals surface area contributed by atoms with Crippen LogP contribution in [-0.2, 0) is 0 Å². The number of phenols is 5. The average Bonchev–Trinajstić information content (AvgIpc) is 2.76. The van der Waals surface area contributed by atoms with Gasteiger partial charge in [-0.05, 0) is 47.5 Å². The van der Waals surface area contributed by atoms with Crippen molar-refractivity contribution < 1.29 is 30.3 Å². The van der Waals surface area contributed by atoms with Crippen molar-refractivity contribution in [3.8, 4) is 58.8 Å². The number of ether oxygens (including phenoxy) is 1. The normalized spacial score (nSPS) is 8.68. The summed E-state index contributed by atoms with van der Waals surface area (Å²) in [5.74, 6) is -2.35. The molecule has 0 unspecified atom stereocenters. The molecule has 0 bridgehead atoms. The van der Waals surface area contributed by atoms with Crippen molar-refractivity contribution in [3.05, 3.63) is 46.5 Å². The van der Waals surface area contributed by atoms with E-state index < -0.39 is 17.2 Å². The van der Waals surface area contributed by atoms with E-state index in [9.17, 15) is 10.2 Å². The number of hydrogen-bond acceptors (Lipinski definition) is 10. The highest BCUT2D eigenvalue weighted by Crippen LogP contribution is 2.37. The van der Waals surface area contributed by atoms with Crippen LogP contribution in [0.5, 0.6) is 34.5 Å². The first kappa shape index (κ1) is 23.7. The molecule has 0 radical (unpaired) electrons. The standard InChI is InChI=1S/C11H8N2O3.C10H6N2O3/c1-16-10-4-7(2-8(5-12)6-13)3-9(14)11(10)15;11-4-7(5-12)1-6-2-8(13)10(15)9(14)3-6/h2-4,14-15H,1H3;1-3,13-15H. The topological polar surface area (TPSA) is 206 Å². The fraction of sp³-hybridized carbons (Fsp3) is 0.0476. The van der Waals surface area contributed by atoms with Gasteiger partial charge in [0.25, 0.3) is 0 Å². The summed E-state index contributed by atoms with van der Waals surface area (Å²) in [5.41, 5.74) is 0.373. The van der Waals surface area contributed by atoms with Gasteiger partial charge in [-0.2, -0.15) is 21.0 Å². The van der Waals surface area contributed by atoms with Gasteiger partial charge in [-0.25, -0.2) is 0 Å². The van der Waals surface area contributed by atoms with Crippen molar-refractivity contribution in [2.24, 2.45) is 0 Å². The summed E-state index contributed by atoms with van der Waals surface area (Å²) in [6, 6.07) is 11.5. The predicted molar refractivity (Wildman–Crippen MR) is 106 cm³/mol. The molecule has 154 valence electrons. The molecule has 0 aliphatic heterocycles. The third kappa shape index (κ3) is 6.36. The zero-order valence-electron chi connectivity index (χ0n) is 15.9. The van der Waals surface area contributed by atoms with Crippen LogP contribution in [0.2, 0.25) is 0 Å². The van der Waals surface area contributed by atoms with Crippen LogP contribution in [0.4, 0.5) is 0 Å². The van der Waals surface area contributed by atoms with Gasteiger partial charge >= 0.3 is 0 Å². The second-order valence-electron chi connectivity index (χ2n) is 5.56. The Balaban J connectivity index is 0.000000311. The molecule has 0 saturated heterocycles. The van der Waals surface area contributed by atoms with Crippen LogP contribution in [-0.4, -0.2) is 32.6 Å². The molecule has 0 amide bonds. The number of methoxy groups -OCH3 is 1. The van der Waals surface area contributed by atoms with Crippen molar-refractivity contribution >= 4 is 12.2 Å². The molecule has 2 aromatic rings. The van der Waals surface area contributed by atoms with Gasteiger partial charge in [-0.1, -0.05) is 0 Å². The Bertz CT molecular complexity index is 1170. The highest BCUT2D eigenvalue weighted by atomic mass is 16.5. The maximum Gasteiger partial charge on any atom is 0.200 e. The predicted octanol–water partition coefficient (Wildman–Crippen LogP) is 2.77. The van der Waals surface area contributed by atoms with Crippen LogP contribution in [0, 0.1) is 45.3 Å². The van der Waals surface area contributed by atoms with E-state index in [0.29, 0.717) is 5.56 Å². The summed E-state index contributed by atoms with van der Waals surface area (Å²) in [6.45, 7) is 0. The molecular formula is C21H14N4O6. The minimum atomic E-state index is -0.636. The molecule has 0 atom stereocenters. The van der Waals surface area contributed by atoms with Crippen molar-refractivity contribution in [3.63, 3.8) is 0 Å². The molecule has 0 spiro atoms. The molecule has 31 heavy (non-hydrogen) atoms. The highest BCUT2D eigenvalue weighted by molar-refractivity contribution is 5.67. The number of benzene rings is 2. The number of phenolic OH excluding ortho intramolecular Hbond substituents is 5. The van der Waals surface area contributed by atoms with Gasteiger partial charge in [0.1, 0.15) is 35.4 Å². The van der Waals surface area contributed by atoms with Gasteiger partial charge in [0.2, 0.25) is 5.75 Å². The molecule has 5 N–H and O–H groups in total. The number of aromatic hydroxyl groups is 5. The second kappa shape index (κ2) is 10.9. The smallest absolute Gasteiger partial charge is 0.200 e. The summed E-state index contributed by atoms with van der Waals surface area (Å²) in [7, 11) is 1.33. The second-order valence-corrected chi connectivity index (χ2v) is 5.56. The zero-order valence-corrected chi connectivity index (χ0v) is 15.9. The summed E-state index contributed by atoms with van der Waals surface area (Å²) < 4.78 is 4.81. The van der Waals surface area contributed by atoms with Crippen molar-refractivity contribution in [2.45, 2.75) is 0 Å². The van der Waals surface area contributed by atoms with E-state index in [1.165, 1.54) is 31.4 Å². The summed E-state index contributed by atoms with van der Waals surface area (Å²) in [6.07, 6.45) is 2.46. The van der Waals surface area contributed by atoms with Gasteiger partial charge in [0.15, 0.2) is 28.7 Å². The van der Waals surface area contributed by atoms with Crippen LogP contribution >= 0.6 is 0 Å². The fourth-order valence-corrected chi connectivity index (χ4v) is 2.07. The molecule has 2 aromatic carbocycles. The van der Waals surface area contributed by atoms with E-state index >= 15 is 0 Å². The lowest BCUT2D eigenvalue weighted by Gasteiger charge is -2.06. The Hall–Kier alpha value is -5.32. The molecule has 0 fully saturated rings. The van der Waals surface area contributed by atoms with Crippen molar-refractivity contribution in [1.29, 1.82) is 21.0 Å². The van der Waals surface area contributed by atoms with E-state index in [2.05, 4.69) is 0 Å². The Morgan fingerprint density at radius 2 is 1.03 bits per heavy atom. The molecule has 0 aliphatic carbocycles. The van der Waals surface area contributed by atoms with E-state index in [0.717, 1.165) is 12.1 Å². The van der Waals surface area contributed by atoms with Crippen molar-refractivity contribution in [2.75, 3.05) is 7.11 Å². The van der Waals surface area contributed by atoms with Crippen LogP contribution in [0.1, 0.15) is 11.1 Å².